The Bertz CT molecular complexity index is 644. The number of methoxy groups -OCH3 is 1. The van der Waals surface area contributed by atoms with Gasteiger partial charge in [-0.2, -0.15) is 0 Å². The number of carbonyl (C=O) groups is 1. The van der Waals surface area contributed by atoms with E-state index in [0.717, 1.165) is 16.9 Å². The molecule has 1 aromatic carbocycles. The van der Waals surface area contributed by atoms with Gasteiger partial charge in [-0.1, -0.05) is 23.5 Å². The van der Waals surface area contributed by atoms with Crippen LogP contribution in [-0.2, 0) is 11.3 Å². The van der Waals surface area contributed by atoms with E-state index in [0.29, 0.717) is 11.4 Å². The molecule has 0 aliphatic rings. The monoisotopic (exact) mass is 279 g/mol. The first-order valence-electron chi connectivity index (χ1n) is 5.67. The Morgan fingerprint density at radius 3 is 2.84 bits per heavy atom. The largest absolute Gasteiger partial charge is 0.496 e. The third-order valence-electron chi connectivity index (χ3n) is 2.71. The maximum absolute atomic E-state index is 11.8. The number of ether oxygens (including phenoxy) is 1. The fourth-order valence-corrected chi connectivity index (χ4v) is 2.60. The van der Waals surface area contributed by atoms with E-state index in [-0.39, 0.29) is 17.8 Å². The predicted molar refractivity (Wildman–Crippen MR) is 72.8 cm³/mol. The van der Waals surface area contributed by atoms with Crippen LogP contribution in [0.15, 0.2) is 34.4 Å². The summed E-state index contributed by atoms with van der Waals surface area (Å²) in [6.45, 7) is 0.158. The Labute approximate surface area is 113 Å². The van der Waals surface area contributed by atoms with Crippen LogP contribution in [0.4, 0.5) is 0 Å². The molecule has 19 heavy (non-hydrogen) atoms. The molecule has 100 valence electrons. The summed E-state index contributed by atoms with van der Waals surface area (Å²) in [5.74, 6) is -0.270. The van der Waals surface area contributed by atoms with Gasteiger partial charge in [0.2, 0.25) is 0 Å². The van der Waals surface area contributed by atoms with Gasteiger partial charge in [0.1, 0.15) is 5.75 Å². The van der Waals surface area contributed by atoms with Gasteiger partial charge < -0.3 is 9.84 Å². The van der Waals surface area contributed by atoms with E-state index in [1.165, 1.54) is 4.57 Å². The molecule has 0 radical (unpaired) electrons. The number of benzene rings is 1. The second-order valence-corrected chi connectivity index (χ2v) is 4.70. The molecule has 1 N–H and O–H groups in total. The van der Waals surface area contributed by atoms with Crippen LogP contribution >= 0.6 is 11.3 Å². The minimum absolute atomic E-state index is 0.0845. The molecule has 0 saturated heterocycles. The Balaban J connectivity index is 2.45. The lowest BCUT2D eigenvalue weighted by Gasteiger charge is -2.10. The van der Waals surface area contributed by atoms with Crippen molar-refractivity contribution < 1.29 is 14.6 Å². The summed E-state index contributed by atoms with van der Waals surface area (Å²) in [4.78, 5) is 22.2. The van der Waals surface area contributed by atoms with Crippen molar-refractivity contribution in [1.82, 2.24) is 4.57 Å². The molecular weight excluding hydrogens is 266 g/mol. The minimum atomic E-state index is -0.927. The first kappa shape index (κ1) is 13.4. The Hall–Kier alpha value is -2.08. The van der Waals surface area contributed by atoms with Gasteiger partial charge in [0, 0.05) is 17.5 Å². The molecule has 6 heteroatoms. The van der Waals surface area contributed by atoms with Crippen molar-refractivity contribution in [2.45, 2.75) is 13.0 Å². The number of carboxylic acids is 1. The summed E-state index contributed by atoms with van der Waals surface area (Å²) in [7, 11) is 1.56. The van der Waals surface area contributed by atoms with Gasteiger partial charge in [0.25, 0.3) is 0 Å². The van der Waals surface area contributed by atoms with Crippen molar-refractivity contribution in [3.8, 4) is 17.0 Å². The van der Waals surface area contributed by atoms with Crippen LogP contribution in [0.2, 0.25) is 0 Å². The molecule has 0 atom stereocenters. The third kappa shape index (κ3) is 2.85. The Morgan fingerprint density at radius 1 is 1.42 bits per heavy atom. The van der Waals surface area contributed by atoms with E-state index < -0.39 is 5.97 Å². The molecule has 2 rings (SSSR count). The highest BCUT2D eigenvalue weighted by Crippen LogP contribution is 2.29. The lowest BCUT2D eigenvalue weighted by atomic mass is 10.1. The maximum atomic E-state index is 11.8. The number of aromatic nitrogens is 1. The van der Waals surface area contributed by atoms with E-state index in [1.807, 2.05) is 18.2 Å². The van der Waals surface area contributed by atoms with E-state index in [4.69, 9.17) is 9.84 Å². The first-order valence-corrected chi connectivity index (χ1v) is 6.55. The van der Waals surface area contributed by atoms with E-state index >= 15 is 0 Å². The lowest BCUT2D eigenvalue weighted by molar-refractivity contribution is -0.137. The zero-order valence-electron chi connectivity index (χ0n) is 10.3. The normalized spacial score (nSPS) is 10.4. The first-order chi connectivity index (χ1) is 9.13. The van der Waals surface area contributed by atoms with Gasteiger partial charge in [-0.05, 0) is 12.1 Å². The highest BCUT2D eigenvalue weighted by Gasteiger charge is 2.13. The second kappa shape index (κ2) is 5.71. The average Bonchev–Trinajstić information content (AvgIpc) is 2.77. The molecule has 0 unspecified atom stereocenters. The fraction of sp³-hybridized carbons (Fsp3) is 0.231. The van der Waals surface area contributed by atoms with Gasteiger partial charge >= 0.3 is 10.8 Å². The standard InChI is InChI=1S/C13H13NO4S/c1-18-11-5-3-2-4-9(11)10-8-19-13(17)14(10)7-6-12(15)16/h2-5,8H,6-7H2,1H3,(H,15,16). The smallest absolute Gasteiger partial charge is 0.307 e. The molecule has 0 spiro atoms. The minimum Gasteiger partial charge on any atom is -0.496 e. The fourth-order valence-electron chi connectivity index (χ4n) is 1.82. The van der Waals surface area contributed by atoms with Crippen LogP contribution in [0.25, 0.3) is 11.3 Å². The number of para-hydroxylation sites is 1. The number of thiazole rings is 1. The quantitative estimate of drug-likeness (QED) is 0.909. The van der Waals surface area contributed by atoms with Gasteiger partial charge in [0.05, 0.1) is 19.2 Å². The van der Waals surface area contributed by atoms with Gasteiger partial charge in [-0.25, -0.2) is 0 Å². The molecule has 0 saturated carbocycles. The number of hydrogen-bond donors (Lipinski definition) is 1. The predicted octanol–water partition coefficient (Wildman–Crippen LogP) is 2.06. The zero-order valence-corrected chi connectivity index (χ0v) is 11.1. The van der Waals surface area contributed by atoms with Crippen LogP contribution < -0.4 is 9.61 Å². The van der Waals surface area contributed by atoms with Crippen molar-refractivity contribution in [2.24, 2.45) is 0 Å². The van der Waals surface area contributed by atoms with E-state index in [2.05, 4.69) is 0 Å². The molecular formula is C13H13NO4S. The van der Waals surface area contributed by atoms with Crippen LogP contribution in [0.3, 0.4) is 0 Å². The van der Waals surface area contributed by atoms with Gasteiger partial charge in [0.15, 0.2) is 0 Å². The van der Waals surface area contributed by atoms with Crippen molar-refractivity contribution in [2.75, 3.05) is 7.11 Å². The van der Waals surface area contributed by atoms with Crippen molar-refractivity contribution in [3.63, 3.8) is 0 Å². The second-order valence-electron chi connectivity index (χ2n) is 3.88. The maximum Gasteiger partial charge on any atom is 0.307 e. The number of aliphatic carboxylic acids is 1. The average molecular weight is 279 g/mol. The summed E-state index contributed by atoms with van der Waals surface area (Å²) in [6.07, 6.45) is -0.0845. The van der Waals surface area contributed by atoms with Crippen LogP contribution in [-0.4, -0.2) is 22.8 Å². The summed E-state index contributed by atoms with van der Waals surface area (Å²) in [5, 5.41) is 10.5. The number of rotatable bonds is 5. The van der Waals surface area contributed by atoms with Crippen molar-refractivity contribution >= 4 is 17.3 Å². The summed E-state index contributed by atoms with van der Waals surface area (Å²) in [6, 6.07) is 7.34. The Kier molecular flexibility index (Phi) is 4.01. The molecule has 0 aliphatic heterocycles. The third-order valence-corrected chi connectivity index (χ3v) is 3.48. The molecule has 5 nitrogen and oxygen atoms in total. The Morgan fingerprint density at radius 2 is 2.16 bits per heavy atom. The summed E-state index contributed by atoms with van der Waals surface area (Å²) in [5.41, 5.74) is 1.47. The SMILES string of the molecule is COc1ccccc1-c1csc(=O)n1CCC(=O)O. The van der Waals surface area contributed by atoms with Crippen molar-refractivity contribution in [3.05, 3.63) is 39.3 Å². The van der Waals surface area contributed by atoms with E-state index in [9.17, 15) is 9.59 Å². The van der Waals surface area contributed by atoms with Crippen LogP contribution in [0.5, 0.6) is 5.75 Å². The molecule has 1 aromatic heterocycles. The van der Waals surface area contributed by atoms with E-state index in [1.54, 1.807) is 18.6 Å². The molecule has 0 amide bonds. The molecule has 1 heterocycles. The highest BCUT2D eigenvalue weighted by molar-refractivity contribution is 7.07. The summed E-state index contributed by atoms with van der Waals surface area (Å²) >= 11 is 1.06. The lowest BCUT2D eigenvalue weighted by Crippen LogP contribution is -2.16. The van der Waals surface area contributed by atoms with Crippen LogP contribution in [0.1, 0.15) is 6.42 Å². The van der Waals surface area contributed by atoms with Gasteiger partial charge in [-0.15, -0.1) is 0 Å². The van der Waals surface area contributed by atoms with Crippen LogP contribution in [0, 0.1) is 0 Å². The molecule has 2 aromatic rings. The number of nitrogens with zero attached hydrogens (tertiary/aromatic N) is 1. The zero-order chi connectivity index (χ0) is 13.8. The number of hydrogen-bond acceptors (Lipinski definition) is 4. The highest BCUT2D eigenvalue weighted by atomic mass is 32.1. The number of carboxylic acid groups (broad SMARTS) is 1. The molecule has 0 bridgehead atoms. The van der Waals surface area contributed by atoms with Crippen molar-refractivity contribution in [1.29, 1.82) is 0 Å². The summed E-state index contributed by atoms with van der Waals surface area (Å²) < 4.78 is 6.73. The molecule has 0 fully saturated rings. The molecule has 0 aliphatic carbocycles. The van der Waals surface area contributed by atoms with Gasteiger partial charge in [-0.3, -0.25) is 14.2 Å². The topological polar surface area (TPSA) is 68.5 Å².